The van der Waals surface area contributed by atoms with Crippen LogP contribution in [0.5, 0.6) is 0 Å². The van der Waals surface area contributed by atoms with Gasteiger partial charge in [-0.3, -0.25) is 14.9 Å². The number of rotatable bonds is 4. The molecule has 0 aliphatic heterocycles. The van der Waals surface area contributed by atoms with Crippen LogP contribution in [-0.4, -0.2) is 19.2 Å². The number of nitro groups is 1. The first-order valence-corrected chi connectivity index (χ1v) is 8.14. The second-order valence-corrected chi connectivity index (χ2v) is 6.94. The van der Waals surface area contributed by atoms with Crippen molar-refractivity contribution in [3.8, 4) is 0 Å². The molecule has 7 nitrogen and oxygen atoms in total. The van der Waals surface area contributed by atoms with E-state index in [1.807, 2.05) is 0 Å². The zero-order chi connectivity index (χ0) is 17.2. The van der Waals surface area contributed by atoms with Gasteiger partial charge in [0.05, 0.1) is 14.7 Å². The van der Waals surface area contributed by atoms with Gasteiger partial charge in [-0.1, -0.05) is 11.6 Å². The Kier molecular flexibility index (Phi) is 4.67. The molecule has 1 amide bonds. The van der Waals surface area contributed by atoms with Gasteiger partial charge in [0, 0.05) is 18.7 Å². The van der Waals surface area contributed by atoms with E-state index in [4.69, 9.17) is 11.6 Å². The maximum Gasteiger partial charge on any atom is 0.287 e. The number of halogens is 1. The molecule has 0 radical (unpaired) electrons. The molecule has 9 heteroatoms. The number of hydrogen-bond donors (Lipinski definition) is 1. The Labute approximate surface area is 137 Å². The highest BCUT2D eigenvalue weighted by atomic mass is 35.5. The highest BCUT2D eigenvalue weighted by Crippen LogP contribution is 2.30. The Bertz CT molecular complexity index is 879. The van der Waals surface area contributed by atoms with Gasteiger partial charge >= 0.3 is 0 Å². The molecule has 120 valence electrons. The number of anilines is 1. The molecule has 0 aliphatic rings. The summed E-state index contributed by atoms with van der Waals surface area (Å²) < 4.78 is 25.0. The number of amides is 1. The summed E-state index contributed by atoms with van der Waals surface area (Å²) in [5.74, 6) is -0.275. The number of sulfone groups is 1. The average Bonchev–Trinajstić information content (AvgIpc) is 2.46. The van der Waals surface area contributed by atoms with Crippen LogP contribution in [0.1, 0.15) is 6.92 Å². The number of nitrogens with zero attached hydrogens (tertiary/aromatic N) is 1. The predicted octanol–water partition coefficient (Wildman–Crippen LogP) is 3.04. The molecular weight excluding hydrogens is 344 g/mol. The topological polar surface area (TPSA) is 106 Å². The lowest BCUT2D eigenvalue weighted by atomic mass is 10.3. The summed E-state index contributed by atoms with van der Waals surface area (Å²) in [4.78, 5) is 20.8. The van der Waals surface area contributed by atoms with Crippen molar-refractivity contribution in [1.82, 2.24) is 0 Å². The summed E-state index contributed by atoms with van der Waals surface area (Å²) in [6, 6.07) is 8.76. The first-order chi connectivity index (χ1) is 10.7. The molecule has 2 aromatic carbocycles. The fraction of sp³-hybridized carbons (Fsp3) is 0.0714. The van der Waals surface area contributed by atoms with Gasteiger partial charge in [0.1, 0.15) is 5.02 Å². The number of carbonyl (C=O) groups excluding carboxylic acids is 1. The standard InChI is InChI=1S/C14H11ClN2O5S/c1-9(18)16-10-2-4-11(5-3-10)23(21,22)12-6-7-14(17(19)20)13(15)8-12/h2-8H,1H3,(H,16,18). The Hall–Kier alpha value is -2.45. The zero-order valence-corrected chi connectivity index (χ0v) is 13.4. The van der Waals surface area contributed by atoms with E-state index in [-0.39, 0.29) is 26.4 Å². The van der Waals surface area contributed by atoms with Crippen LogP contribution in [0.4, 0.5) is 11.4 Å². The van der Waals surface area contributed by atoms with Crippen molar-refractivity contribution in [2.75, 3.05) is 5.32 Å². The molecule has 0 bridgehead atoms. The van der Waals surface area contributed by atoms with Crippen molar-refractivity contribution < 1.29 is 18.1 Å². The molecule has 0 saturated carbocycles. The fourth-order valence-electron chi connectivity index (χ4n) is 1.86. The largest absolute Gasteiger partial charge is 0.326 e. The lowest BCUT2D eigenvalue weighted by Gasteiger charge is -2.07. The second kappa shape index (κ2) is 6.35. The molecular formula is C14H11ClN2O5S. The van der Waals surface area contributed by atoms with E-state index in [0.29, 0.717) is 5.69 Å². The molecule has 0 aliphatic carbocycles. The molecule has 0 spiro atoms. The summed E-state index contributed by atoms with van der Waals surface area (Å²) in [5, 5.41) is 13.0. The van der Waals surface area contributed by atoms with Gasteiger partial charge in [-0.2, -0.15) is 0 Å². The van der Waals surface area contributed by atoms with Crippen LogP contribution in [0.25, 0.3) is 0 Å². The van der Waals surface area contributed by atoms with E-state index in [0.717, 1.165) is 18.2 Å². The van der Waals surface area contributed by atoms with Gasteiger partial charge < -0.3 is 5.32 Å². The number of nitrogens with one attached hydrogen (secondary N) is 1. The summed E-state index contributed by atoms with van der Waals surface area (Å²) >= 11 is 5.75. The first-order valence-electron chi connectivity index (χ1n) is 6.28. The van der Waals surface area contributed by atoms with E-state index in [9.17, 15) is 23.3 Å². The highest BCUT2D eigenvalue weighted by molar-refractivity contribution is 7.91. The second-order valence-electron chi connectivity index (χ2n) is 4.58. The van der Waals surface area contributed by atoms with E-state index >= 15 is 0 Å². The van der Waals surface area contributed by atoms with E-state index in [1.165, 1.54) is 31.2 Å². The first kappa shape index (κ1) is 16.9. The van der Waals surface area contributed by atoms with Gasteiger partial charge in [0.2, 0.25) is 15.7 Å². The molecule has 23 heavy (non-hydrogen) atoms. The molecule has 0 atom stereocenters. The lowest BCUT2D eigenvalue weighted by Crippen LogP contribution is -2.06. The van der Waals surface area contributed by atoms with E-state index in [1.54, 1.807) is 0 Å². The summed E-state index contributed by atoms with van der Waals surface area (Å²) in [6.45, 7) is 1.34. The average molecular weight is 355 g/mol. The number of hydrogen-bond acceptors (Lipinski definition) is 5. The maximum atomic E-state index is 12.5. The molecule has 0 heterocycles. The minimum atomic E-state index is -3.87. The summed E-state index contributed by atoms with van der Waals surface area (Å²) in [5.41, 5.74) is 0.0878. The minimum absolute atomic E-state index is 0.0171. The van der Waals surface area contributed by atoms with Gasteiger partial charge in [0.25, 0.3) is 5.69 Å². The molecule has 1 N–H and O–H groups in total. The van der Waals surface area contributed by atoms with Gasteiger partial charge in [-0.25, -0.2) is 8.42 Å². The van der Waals surface area contributed by atoms with Gasteiger partial charge in [-0.15, -0.1) is 0 Å². The number of benzene rings is 2. The Morgan fingerprint density at radius 2 is 1.70 bits per heavy atom. The Morgan fingerprint density at radius 1 is 1.13 bits per heavy atom. The third-order valence-electron chi connectivity index (χ3n) is 2.91. The smallest absolute Gasteiger partial charge is 0.287 e. The van der Waals surface area contributed by atoms with Crippen LogP contribution < -0.4 is 5.32 Å². The number of carbonyl (C=O) groups is 1. The number of nitro benzene ring substituents is 1. The molecule has 2 aromatic rings. The van der Waals surface area contributed by atoms with Crippen LogP contribution in [0.2, 0.25) is 5.02 Å². The molecule has 0 saturated heterocycles. The van der Waals surface area contributed by atoms with Gasteiger partial charge in [-0.05, 0) is 36.4 Å². The van der Waals surface area contributed by atoms with Crippen LogP contribution in [0.3, 0.4) is 0 Å². The molecule has 0 aromatic heterocycles. The Balaban J connectivity index is 2.40. The summed E-state index contributed by atoms with van der Waals surface area (Å²) in [6.07, 6.45) is 0. The zero-order valence-electron chi connectivity index (χ0n) is 11.8. The van der Waals surface area contributed by atoms with E-state index < -0.39 is 14.8 Å². The van der Waals surface area contributed by atoms with E-state index in [2.05, 4.69) is 5.32 Å². The van der Waals surface area contributed by atoms with Crippen molar-refractivity contribution in [3.63, 3.8) is 0 Å². The van der Waals surface area contributed by atoms with Gasteiger partial charge in [0.15, 0.2) is 0 Å². The Morgan fingerprint density at radius 3 is 2.17 bits per heavy atom. The highest BCUT2D eigenvalue weighted by Gasteiger charge is 2.21. The molecule has 2 rings (SSSR count). The van der Waals surface area contributed by atoms with Crippen LogP contribution in [0, 0.1) is 10.1 Å². The SMILES string of the molecule is CC(=O)Nc1ccc(S(=O)(=O)c2ccc([N+](=O)[O-])c(Cl)c2)cc1. The quantitative estimate of drug-likeness (QED) is 0.670. The lowest BCUT2D eigenvalue weighted by molar-refractivity contribution is -0.384. The maximum absolute atomic E-state index is 12.5. The van der Waals surface area contributed by atoms with Crippen molar-refractivity contribution in [1.29, 1.82) is 0 Å². The van der Waals surface area contributed by atoms with Crippen LogP contribution in [0.15, 0.2) is 52.3 Å². The molecule has 0 unspecified atom stereocenters. The predicted molar refractivity (Wildman–Crippen MR) is 84.3 cm³/mol. The minimum Gasteiger partial charge on any atom is -0.326 e. The fourth-order valence-corrected chi connectivity index (χ4v) is 3.46. The normalized spacial score (nSPS) is 11.0. The third kappa shape index (κ3) is 3.66. The summed E-state index contributed by atoms with van der Waals surface area (Å²) in [7, 11) is -3.87. The van der Waals surface area contributed by atoms with Crippen LogP contribution in [-0.2, 0) is 14.6 Å². The third-order valence-corrected chi connectivity index (χ3v) is 4.98. The van der Waals surface area contributed by atoms with Crippen molar-refractivity contribution in [2.45, 2.75) is 16.7 Å². The van der Waals surface area contributed by atoms with Crippen molar-refractivity contribution in [2.24, 2.45) is 0 Å². The van der Waals surface area contributed by atoms with Crippen LogP contribution >= 0.6 is 11.6 Å². The van der Waals surface area contributed by atoms with Crippen molar-refractivity contribution in [3.05, 3.63) is 57.6 Å². The molecule has 0 fully saturated rings. The van der Waals surface area contributed by atoms with Crippen molar-refractivity contribution >= 4 is 38.7 Å². The monoisotopic (exact) mass is 354 g/mol.